The van der Waals surface area contributed by atoms with Crippen molar-refractivity contribution in [3.05, 3.63) is 0 Å². The number of carbonyl (C=O) groups excluding carboxylic acids is 2. The Morgan fingerprint density at radius 3 is 1.95 bits per heavy atom. The van der Waals surface area contributed by atoms with E-state index in [2.05, 4.69) is 9.47 Å². The topological polar surface area (TPSA) is 52.6 Å². The van der Waals surface area contributed by atoms with Gasteiger partial charge in [0, 0.05) is 0 Å². The van der Waals surface area contributed by atoms with Crippen LogP contribution in [0.5, 0.6) is 0 Å². The van der Waals surface area contributed by atoms with Gasteiger partial charge in [-0.3, -0.25) is 4.79 Å². The maximum Gasteiger partial charge on any atom is 0.422 e. The molecule has 0 heterocycles. The van der Waals surface area contributed by atoms with Gasteiger partial charge in [0.15, 0.2) is 12.7 Å². The van der Waals surface area contributed by atoms with Gasteiger partial charge in [0.25, 0.3) is 0 Å². The van der Waals surface area contributed by atoms with Crippen molar-refractivity contribution in [2.45, 2.75) is 45.4 Å². The highest BCUT2D eigenvalue weighted by Gasteiger charge is 2.51. The number of carbonyl (C=O) groups is 2. The second kappa shape index (κ2) is 6.85. The summed E-state index contributed by atoms with van der Waals surface area (Å²) in [5.41, 5.74) is 0. The third-order valence-electron chi connectivity index (χ3n) is 2.14. The lowest BCUT2D eigenvalue weighted by Crippen LogP contribution is -2.46. The van der Waals surface area contributed by atoms with Crippen molar-refractivity contribution in [1.82, 2.24) is 0 Å². The minimum atomic E-state index is -4.91. The van der Waals surface area contributed by atoms with Crippen molar-refractivity contribution in [3.8, 4) is 0 Å². The number of rotatable bonds is 6. The molecule has 0 aromatic rings. The summed E-state index contributed by atoms with van der Waals surface area (Å²) in [5, 5.41) is 0. The second-order valence-electron chi connectivity index (χ2n) is 4.30. The molecule has 0 spiro atoms. The van der Waals surface area contributed by atoms with E-state index in [9.17, 15) is 31.5 Å². The molecule has 0 amide bonds. The summed E-state index contributed by atoms with van der Waals surface area (Å²) >= 11 is 0. The summed E-state index contributed by atoms with van der Waals surface area (Å²) < 4.78 is 70.4. The van der Waals surface area contributed by atoms with Crippen LogP contribution in [0.15, 0.2) is 0 Å². The molecule has 0 aliphatic carbocycles. The molecule has 4 nitrogen and oxygen atoms in total. The van der Waals surface area contributed by atoms with E-state index in [-0.39, 0.29) is 0 Å². The molecule has 20 heavy (non-hydrogen) atoms. The highest BCUT2D eigenvalue weighted by molar-refractivity contribution is 5.79. The van der Waals surface area contributed by atoms with Crippen LogP contribution in [0.4, 0.5) is 22.0 Å². The number of ether oxygens (including phenoxy) is 2. The predicted molar refractivity (Wildman–Crippen MR) is 57.0 cm³/mol. The Labute approximate surface area is 112 Å². The van der Waals surface area contributed by atoms with E-state index in [1.807, 2.05) is 0 Å². The zero-order valence-electron chi connectivity index (χ0n) is 11.1. The van der Waals surface area contributed by atoms with Crippen molar-refractivity contribution < 1.29 is 41.0 Å². The van der Waals surface area contributed by atoms with Crippen LogP contribution < -0.4 is 0 Å². The first-order valence-corrected chi connectivity index (χ1v) is 5.74. The number of alkyl halides is 5. The average molecular weight is 306 g/mol. The third-order valence-corrected chi connectivity index (χ3v) is 2.14. The van der Waals surface area contributed by atoms with Gasteiger partial charge in [-0.15, -0.1) is 0 Å². The van der Waals surface area contributed by atoms with Crippen LogP contribution >= 0.6 is 0 Å². The van der Waals surface area contributed by atoms with Gasteiger partial charge < -0.3 is 9.47 Å². The molecule has 1 unspecified atom stereocenters. The van der Waals surface area contributed by atoms with E-state index in [0.29, 0.717) is 0 Å². The number of halogens is 5. The predicted octanol–water partition coefficient (Wildman–Crippen LogP) is 2.71. The van der Waals surface area contributed by atoms with E-state index in [1.54, 1.807) is 0 Å². The SMILES string of the molecule is CCC(OC(=O)C(C)C)C(F)(F)C(=O)OCC(F)(F)F. The minimum Gasteiger partial charge on any atom is -0.455 e. The molecule has 0 aromatic carbocycles. The Morgan fingerprint density at radius 1 is 1.10 bits per heavy atom. The molecule has 0 rings (SSSR count). The first-order chi connectivity index (χ1) is 8.91. The summed E-state index contributed by atoms with van der Waals surface area (Å²) in [6.45, 7) is 1.84. The fourth-order valence-corrected chi connectivity index (χ4v) is 1.07. The van der Waals surface area contributed by atoms with Crippen molar-refractivity contribution in [2.75, 3.05) is 6.61 Å². The molecule has 0 aromatic heterocycles. The van der Waals surface area contributed by atoms with E-state index >= 15 is 0 Å². The zero-order valence-corrected chi connectivity index (χ0v) is 11.1. The molecule has 0 radical (unpaired) electrons. The van der Waals surface area contributed by atoms with Crippen molar-refractivity contribution in [1.29, 1.82) is 0 Å². The molecule has 9 heteroatoms. The first-order valence-electron chi connectivity index (χ1n) is 5.74. The normalized spacial score (nSPS) is 14.1. The quantitative estimate of drug-likeness (QED) is 0.559. The van der Waals surface area contributed by atoms with E-state index in [1.165, 1.54) is 20.8 Å². The van der Waals surface area contributed by atoms with Crippen LogP contribution in [0.1, 0.15) is 27.2 Å². The van der Waals surface area contributed by atoms with Gasteiger partial charge in [-0.2, -0.15) is 22.0 Å². The fraction of sp³-hybridized carbons (Fsp3) is 0.818. The minimum absolute atomic E-state index is 0.452. The maximum absolute atomic E-state index is 13.6. The number of esters is 2. The Bertz CT molecular complexity index is 351. The van der Waals surface area contributed by atoms with Crippen LogP contribution in [0.2, 0.25) is 0 Å². The summed E-state index contributed by atoms with van der Waals surface area (Å²) in [6, 6.07) is 0. The average Bonchev–Trinajstić information content (AvgIpc) is 2.30. The molecular weight excluding hydrogens is 291 g/mol. The standard InChI is InChI=1S/C11H15F5O4/c1-4-7(20-8(17)6(2)3)11(15,16)9(18)19-5-10(12,13)14/h6-7H,4-5H2,1-3H3. The molecule has 118 valence electrons. The van der Waals surface area contributed by atoms with Crippen molar-refractivity contribution >= 4 is 11.9 Å². The maximum atomic E-state index is 13.6. The summed E-state index contributed by atoms with van der Waals surface area (Å²) in [4.78, 5) is 22.2. The molecule has 0 saturated carbocycles. The number of hydrogen-bond acceptors (Lipinski definition) is 4. The smallest absolute Gasteiger partial charge is 0.422 e. The highest BCUT2D eigenvalue weighted by Crippen LogP contribution is 2.27. The lowest BCUT2D eigenvalue weighted by molar-refractivity contribution is -0.218. The van der Waals surface area contributed by atoms with Crippen molar-refractivity contribution in [2.24, 2.45) is 5.92 Å². The Kier molecular flexibility index (Phi) is 6.36. The van der Waals surface area contributed by atoms with Crippen LogP contribution in [0.25, 0.3) is 0 Å². The monoisotopic (exact) mass is 306 g/mol. The van der Waals surface area contributed by atoms with Gasteiger partial charge in [-0.1, -0.05) is 20.8 Å². The lowest BCUT2D eigenvalue weighted by atomic mass is 10.1. The first kappa shape index (κ1) is 18.6. The van der Waals surface area contributed by atoms with Crippen LogP contribution in [-0.4, -0.2) is 36.7 Å². The van der Waals surface area contributed by atoms with Gasteiger partial charge >= 0.3 is 24.0 Å². The summed E-state index contributed by atoms with van der Waals surface area (Å²) in [6.07, 6.45) is -7.53. The Hall–Kier alpha value is -1.41. The third kappa shape index (κ3) is 5.70. The lowest BCUT2D eigenvalue weighted by Gasteiger charge is -2.25. The summed E-state index contributed by atoms with van der Waals surface area (Å²) in [5.74, 6) is -8.42. The van der Waals surface area contributed by atoms with Gasteiger partial charge in [-0.25, -0.2) is 4.79 Å². The number of hydrogen-bond donors (Lipinski definition) is 0. The van der Waals surface area contributed by atoms with Gasteiger partial charge in [0.05, 0.1) is 5.92 Å². The van der Waals surface area contributed by atoms with E-state index in [0.717, 1.165) is 0 Å². The zero-order chi connectivity index (χ0) is 16.1. The molecule has 0 aliphatic heterocycles. The van der Waals surface area contributed by atoms with Gasteiger partial charge in [0.2, 0.25) is 0 Å². The molecule has 0 aliphatic rings. The van der Waals surface area contributed by atoms with Crippen molar-refractivity contribution in [3.63, 3.8) is 0 Å². The Balaban J connectivity index is 4.79. The molecule has 0 bridgehead atoms. The second-order valence-corrected chi connectivity index (χ2v) is 4.30. The molecule has 1 atom stereocenters. The van der Waals surface area contributed by atoms with Crippen LogP contribution in [0, 0.1) is 5.92 Å². The molecule has 0 saturated heterocycles. The van der Waals surface area contributed by atoms with Crippen LogP contribution in [-0.2, 0) is 19.1 Å². The fourth-order valence-electron chi connectivity index (χ4n) is 1.07. The van der Waals surface area contributed by atoms with Gasteiger partial charge in [-0.05, 0) is 6.42 Å². The molecule has 0 N–H and O–H groups in total. The van der Waals surface area contributed by atoms with E-state index in [4.69, 9.17) is 0 Å². The molecular formula is C11H15F5O4. The van der Waals surface area contributed by atoms with Gasteiger partial charge in [0.1, 0.15) is 0 Å². The highest BCUT2D eigenvalue weighted by atomic mass is 19.4. The summed E-state index contributed by atoms with van der Waals surface area (Å²) in [7, 11) is 0. The van der Waals surface area contributed by atoms with Crippen LogP contribution in [0.3, 0.4) is 0 Å². The van der Waals surface area contributed by atoms with E-state index < -0.39 is 49.1 Å². The Morgan fingerprint density at radius 2 is 1.60 bits per heavy atom. The molecule has 0 fully saturated rings. The largest absolute Gasteiger partial charge is 0.455 e.